The largest absolute Gasteiger partial charge is 0.398 e. The summed E-state index contributed by atoms with van der Waals surface area (Å²) in [5.74, 6) is -2.50. The van der Waals surface area contributed by atoms with Gasteiger partial charge >= 0.3 is 0 Å². The van der Waals surface area contributed by atoms with E-state index in [1.54, 1.807) is 18.2 Å². The summed E-state index contributed by atoms with van der Waals surface area (Å²) in [6.45, 7) is 0. The second kappa shape index (κ2) is 4.86. The lowest BCUT2D eigenvalue weighted by Crippen LogP contribution is -2.06. The first kappa shape index (κ1) is 12.7. The van der Waals surface area contributed by atoms with Gasteiger partial charge in [0, 0.05) is 21.3 Å². The molecule has 2 N–H and O–H groups in total. The van der Waals surface area contributed by atoms with E-state index in [0.717, 1.165) is 12.1 Å². The molecule has 0 radical (unpaired) electrons. The molecule has 0 fully saturated rings. The molecule has 0 bridgehead atoms. The van der Waals surface area contributed by atoms with Gasteiger partial charge in [-0.2, -0.15) is 0 Å². The number of nitrogen functional groups attached to an aromatic ring is 1. The fourth-order valence-corrected chi connectivity index (χ4v) is 1.88. The Morgan fingerprint density at radius 2 is 1.78 bits per heavy atom. The molecule has 18 heavy (non-hydrogen) atoms. The van der Waals surface area contributed by atoms with Crippen LogP contribution in [0.4, 0.5) is 14.5 Å². The van der Waals surface area contributed by atoms with Crippen molar-refractivity contribution in [3.63, 3.8) is 0 Å². The minimum Gasteiger partial charge on any atom is -0.398 e. The lowest BCUT2D eigenvalue weighted by molar-refractivity contribution is 0.103. The zero-order chi connectivity index (χ0) is 13.3. The molecule has 0 aliphatic rings. The molecule has 92 valence electrons. The van der Waals surface area contributed by atoms with Crippen LogP contribution in [0.3, 0.4) is 0 Å². The fraction of sp³-hybridized carbons (Fsp3) is 0. The molecular weight excluding hydrogens is 304 g/mol. The first-order valence-electron chi connectivity index (χ1n) is 5.04. The maximum atomic E-state index is 13.1. The van der Waals surface area contributed by atoms with Crippen molar-refractivity contribution in [3.05, 3.63) is 63.6 Å². The molecule has 0 aliphatic heterocycles. The average molecular weight is 312 g/mol. The van der Waals surface area contributed by atoms with E-state index in [2.05, 4.69) is 15.9 Å². The molecule has 0 saturated carbocycles. The first-order chi connectivity index (χ1) is 8.49. The second-order valence-corrected chi connectivity index (χ2v) is 4.61. The monoisotopic (exact) mass is 311 g/mol. The summed E-state index contributed by atoms with van der Waals surface area (Å²) in [6, 6.07) is 7.79. The number of carbonyl (C=O) groups excluding carboxylic acids is 1. The van der Waals surface area contributed by atoms with Crippen molar-refractivity contribution >= 4 is 27.4 Å². The highest BCUT2D eigenvalue weighted by atomic mass is 79.9. The Morgan fingerprint density at radius 3 is 2.44 bits per heavy atom. The van der Waals surface area contributed by atoms with E-state index >= 15 is 0 Å². The standard InChI is InChI=1S/C13H8BrF2NO/c14-8-2-4-12(17)9(6-8)13(18)7-1-3-10(15)11(16)5-7/h1-6H,17H2. The topological polar surface area (TPSA) is 43.1 Å². The predicted octanol–water partition coefficient (Wildman–Crippen LogP) is 3.54. The van der Waals surface area contributed by atoms with Crippen molar-refractivity contribution in [2.75, 3.05) is 5.73 Å². The van der Waals surface area contributed by atoms with E-state index in [4.69, 9.17) is 5.73 Å². The minimum absolute atomic E-state index is 0.0544. The van der Waals surface area contributed by atoms with Crippen molar-refractivity contribution in [1.29, 1.82) is 0 Å². The summed E-state index contributed by atoms with van der Waals surface area (Å²) in [5, 5.41) is 0. The lowest BCUT2D eigenvalue weighted by Gasteiger charge is -2.06. The van der Waals surface area contributed by atoms with Gasteiger partial charge in [0.1, 0.15) is 0 Å². The summed E-state index contributed by atoms with van der Waals surface area (Å²) in [6.07, 6.45) is 0. The minimum atomic E-state index is -1.06. The molecule has 0 spiro atoms. The van der Waals surface area contributed by atoms with Crippen LogP contribution in [-0.2, 0) is 0 Å². The van der Waals surface area contributed by atoms with Gasteiger partial charge in [0.25, 0.3) is 0 Å². The number of benzene rings is 2. The van der Waals surface area contributed by atoms with Crippen molar-refractivity contribution in [3.8, 4) is 0 Å². The lowest BCUT2D eigenvalue weighted by atomic mass is 10.0. The highest BCUT2D eigenvalue weighted by molar-refractivity contribution is 9.10. The van der Waals surface area contributed by atoms with Gasteiger partial charge in [-0.15, -0.1) is 0 Å². The summed E-state index contributed by atoms with van der Waals surface area (Å²) in [4.78, 5) is 12.1. The Balaban J connectivity index is 2.47. The highest BCUT2D eigenvalue weighted by Gasteiger charge is 2.14. The van der Waals surface area contributed by atoms with Crippen LogP contribution in [-0.4, -0.2) is 5.78 Å². The Bertz CT molecular complexity index is 628. The van der Waals surface area contributed by atoms with Crippen molar-refractivity contribution < 1.29 is 13.6 Å². The smallest absolute Gasteiger partial charge is 0.195 e. The van der Waals surface area contributed by atoms with Crippen LogP contribution in [0.5, 0.6) is 0 Å². The van der Waals surface area contributed by atoms with E-state index in [0.29, 0.717) is 4.47 Å². The molecule has 0 amide bonds. The molecule has 2 nitrogen and oxygen atoms in total. The van der Waals surface area contributed by atoms with E-state index in [1.165, 1.54) is 6.07 Å². The average Bonchev–Trinajstić information content (AvgIpc) is 2.35. The predicted molar refractivity (Wildman–Crippen MR) is 68.3 cm³/mol. The van der Waals surface area contributed by atoms with Gasteiger partial charge in [0.05, 0.1) is 0 Å². The maximum absolute atomic E-state index is 13.1. The summed E-state index contributed by atoms with van der Waals surface area (Å²) >= 11 is 3.22. The summed E-state index contributed by atoms with van der Waals surface area (Å²) in [7, 11) is 0. The van der Waals surface area contributed by atoms with Crippen LogP contribution in [0.25, 0.3) is 0 Å². The third-order valence-electron chi connectivity index (χ3n) is 2.44. The van der Waals surface area contributed by atoms with Gasteiger partial charge in [-0.3, -0.25) is 4.79 Å². The summed E-state index contributed by atoms with van der Waals surface area (Å²) in [5.41, 5.74) is 6.27. The van der Waals surface area contributed by atoms with Crippen LogP contribution in [0, 0.1) is 11.6 Å². The fourth-order valence-electron chi connectivity index (χ4n) is 1.52. The van der Waals surface area contributed by atoms with Crippen LogP contribution < -0.4 is 5.73 Å². The van der Waals surface area contributed by atoms with Crippen molar-refractivity contribution in [2.24, 2.45) is 0 Å². The molecule has 2 aromatic carbocycles. The third kappa shape index (κ3) is 2.41. The van der Waals surface area contributed by atoms with Crippen molar-refractivity contribution in [2.45, 2.75) is 0 Å². The molecule has 0 atom stereocenters. The van der Waals surface area contributed by atoms with Gasteiger partial charge in [-0.25, -0.2) is 8.78 Å². The molecular formula is C13H8BrF2NO. The summed E-state index contributed by atoms with van der Waals surface area (Å²) < 4.78 is 26.5. The maximum Gasteiger partial charge on any atom is 0.195 e. The van der Waals surface area contributed by atoms with E-state index in [9.17, 15) is 13.6 Å². The van der Waals surface area contributed by atoms with E-state index in [1.807, 2.05) is 0 Å². The normalized spacial score (nSPS) is 10.4. The molecule has 0 aromatic heterocycles. The molecule has 2 rings (SSSR count). The number of ketones is 1. The Kier molecular flexibility index (Phi) is 3.43. The Hall–Kier alpha value is -1.75. The number of hydrogen-bond donors (Lipinski definition) is 1. The number of carbonyl (C=O) groups is 1. The van der Waals surface area contributed by atoms with E-state index < -0.39 is 17.4 Å². The SMILES string of the molecule is Nc1ccc(Br)cc1C(=O)c1ccc(F)c(F)c1. The van der Waals surface area contributed by atoms with Crippen LogP contribution in [0.2, 0.25) is 0 Å². The van der Waals surface area contributed by atoms with Gasteiger partial charge in [-0.1, -0.05) is 15.9 Å². The molecule has 2 aromatic rings. The Labute approximate surface area is 111 Å². The van der Waals surface area contributed by atoms with Gasteiger partial charge in [0.2, 0.25) is 0 Å². The molecule has 0 saturated heterocycles. The van der Waals surface area contributed by atoms with Crippen molar-refractivity contribution in [1.82, 2.24) is 0 Å². The molecule has 0 unspecified atom stereocenters. The van der Waals surface area contributed by atoms with Crippen LogP contribution in [0.1, 0.15) is 15.9 Å². The third-order valence-corrected chi connectivity index (χ3v) is 2.94. The molecule has 5 heteroatoms. The van der Waals surface area contributed by atoms with Crippen LogP contribution in [0.15, 0.2) is 40.9 Å². The van der Waals surface area contributed by atoms with Gasteiger partial charge < -0.3 is 5.73 Å². The Morgan fingerprint density at radius 1 is 1.06 bits per heavy atom. The first-order valence-corrected chi connectivity index (χ1v) is 5.83. The number of anilines is 1. The number of nitrogens with two attached hydrogens (primary N) is 1. The second-order valence-electron chi connectivity index (χ2n) is 3.69. The number of hydrogen-bond acceptors (Lipinski definition) is 2. The molecule has 0 heterocycles. The van der Waals surface area contributed by atoms with Gasteiger partial charge in [-0.05, 0) is 36.4 Å². The van der Waals surface area contributed by atoms with Gasteiger partial charge in [0.15, 0.2) is 17.4 Å². The van der Waals surface area contributed by atoms with Crippen LogP contribution >= 0.6 is 15.9 Å². The van der Waals surface area contributed by atoms with E-state index in [-0.39, 0.29) is 16.8 Å². The quantitative estimate of drug-likeness (QED) is 0.681. The number of halogens is 3. The zero-order valence-corrected chi connectivity index (χ0v) is 10.7. The molecule has 0 aliphatic carbocycles. The zero-order valence-electron chi connectivity index (χ0n) is 9.08. The number of rotatable bonds is 2. The highest BCUT2D eigenvalue weighted by Crippen LogP contribution is 2.22.